The first kappa shape index (κ1) is 14.6. The van der Waals surface area contributed by atoms with Crippen LogP contribution in [0.1, 0.15) is 18.5 Å². The summed E-state index contributed by atoms with van der Waals surface area (Å²) in [4.78, 5) is 9.72. The van der Waals surface area contributed by atoms with Crippen molar-refractivity contribution in [3.8, 4) is 22.5 Å². The molecule has 0 unspecified atom stereocenters. The molecule has 2 aromatic carbocycles. The third-order valence-corrected chi connectivity index (χ3v) is 4.16. The lowest BCUT2D eigenvalue weighted by atomic mass is 9.99. The Balaban J connectivity index is 1.88. The molecule has 2 heteroatoms. The van der Waals surface area contributed by atoms with Gasteiger partial charge in [0.2, 0.25) is 0 Å². The zero-order chi connectivity index (χ0) is 16.2. The minimum absolute atomic E-state index is 0.901. The molecule has 3 aromatic rings. The molecular weight excluding hydrogens is 292 g/mol. The predicted octanol–water partition coefficient (Wildman–Crippen LogP) is 5.54. The summed E-state index contributed by atoms with van der Waals surface area (Å²) in [6.07, 6.45) is 10.6. The fourth-order valence-electron chi connectivity index (χ4n) is 2.93. The van der Waals surface area contributed by atoms with Crippen molar-refractivity contribution in [2.75, 3.05) is 0 Å². The van der Waals surface area contributed by atoms with Gasteiger partial charge < -0.3 is 0 Å². The van der Waals surface area contributed by atoms with Crippen molar-refractivity contribution in [1.82, 2.24) is 9.97 Å². The molecular formula is C22H18N2. The molecule has 0 atom stereocenters. The summed E-state index contributed by atoms with van der Waals surface area (Å²) in [5, 5.41) is 0. The largest absolute Gasteiger partial charge is 0.252 e. The first-order chi connectivity index (χ1) is 11.9. The molecule has 1 aliphatic carbocycles. The molecule has 1 aliphatic rings. The van der Waals surface area contributed by atoms with Gasteiger partial charge in [-0.15, -0.1) is 0 Å². The molecule has 0 radical (unpaired) electrons. The van der Waals surface area contributed by atoms with Crippen LogP contribution in [0.2, 0.25) is 0 Å². The second kappa shape index (κ2) is 6.63. The van der Waals surface area contributed by atoms with Gasteiger partial charge in [-0.25, -0.2) is 4.98 Å². The highest BCUT2D eigenvalue weighted by atomic mass is 14.8. The highest BCUT2D eigenvalue weighted by molar-refractivity contribution is 5.83. The Bertz CT molecular complexity index is 894. The SMILES string of the molecule is C1=CC(c2ncc(-c3ccccc3)nc2-c2ccccc2)=CCC1. The third kappa shape index (κ3) is 2.91. The molecule has 1 aromatic heterocycles. The molecule has 2 nitrogen and oxygen atoms in total. The molecule has 0 fully saturated rings. The lowest BCUT2D eigenvalue weighted by Gasteiger charge is -2.13. The summed E-state index contributed by atoms with van der Waals surface area (Å²) in [5.74, 6) is 0. The maximum Gasteiger partial charge on any atom is 0.0972 e. The second-order valence-electron chi connectivity index (χ2n) is 5.82. The van der Waals surface area contributed by atoms with Crippen LogP contribution >= 0.6 is 0 Å². The van der Waals surface area contributed by atoms with Gasteiger partial charge in [0.1, 0.15) is 0 Å². The van der Waals surface area contributed by atoms with E-state index >= 15 is 0 Å². The zero-order valence-electron chi connectivity index (χ0n) is 13.4. The first-order valence-electron chi connectivity index (χ1n) is 8.27. The molecule has 0 N–H and O–H groups in total. The van der Waals surface area contributed by atoms with Crippen LogP contribution < -0.4 is 0 Å². The van der Waals surface area contributed by atoms with E-state index in [1.165, 1.54) is 0 Å². The van der Waals surface area contributed by atoms with Crippen LogP contribution in [0, 0.1) is 0 Å². The van der Waals surface area contributed by atoms with Crippen LogP contribution in [0.3, 0.4) is 0 Å². The van der Waals surface area contributed by atoms with Crippen molar-refractivity contribution < 1.29 is 0 Å². The van der Waals surface area contributed by atoms with Crippen LogP contribution in [-0.2, 0) is 0 Å². The van der Waals surface area contributed by atoms with E-state index in [0.717, 1.165) is 46.6 Å². The van der Waals surface area contributed by atoms with Gasteiger partial charge in [0, 0.05) is 11.1 Å². The number of nitrogens with zero attached hydrogens (tertiary/aromatic N) is 2. The zero-order valence-corrected chi connectivity index (χ0v) is 13.4. The number of hydrogen-bond acceptors (Lipinski definition) is 2. The Hall–Kier alpha value is -3.00. The number of benzene rings is 2. The Kier molecular flexibility index (Phi) is 4.03. The van der Waals surface area contributed by atoms with Gasteiger partial charge in [0.15, 0.2) is 0 Å². The van der Waals surface area contributed by atoms with Crippen LogP contribution in [0.15, 0.2) is 85.1 Å². The summed E-state index contributed by atoms with van der Waals surface area (Å²) >= 11 is 0. The predicted molar refractivity (Wildman–Crippen MR) is 99.3 cm³/mol. The molecule has 0 amide bonds. The fraction of sp³-hybridized carbons (Fsp3) is 0.0909. The first-order valence-corrected chi connectivity index (χ1v) is 8.27. The monoisotopic (exact) mass is 310 g/mol. The molecule has 0 saturated heterocycles. The van der Waals surface area contributed by atoms with E-state index in [1.54, 1.807) is 0 Å². The fourth-order valence-corrected chi connectivity index (χ4v) is 2.93. The molecule has 1 heterocycles. The number of aromatic nitrogens is 2. The van der Waals surface area contributed by atoms with E-state index in [0.29, 0.717) is 0 Å². The molecule has 4 rings (SSSR count). The van der Waals surface area contributed by atoms with Crippen molar-refractivity contribution in [3.05, 3.63) is 90.8 Å². The molecule has 0 aliphatic heterocycles. The standard InChI is InChI=1S/C22H18N2/c1-4-10-17(11-5-1)20-16-23-21(18-12-6-2-7-13-18)22(24-20)19-14-8-3-9-15-19/h1,3-6,8-16H,2,7H2. The van der Waals surface area contributed by atoms with Crippen molar-refractivity contribution in [1.29, 1.82) is 0 Å². The Morgan fingerprint density at radius 3 is 2.08 bits per heavy atom. The number of hydrogen-bond donors (Lipinski definition) is 0. The van der Waals surface area contributed by atoms with Gasteiger partial charge in [-0.05, 0) is 18.4 Å². The summed E-state index contributed by atoms with van der Waals surface area (Å²) < 4.78 is 0. The summed E-state index contributed by atoms with van der Waals surface area (Å²) in [6.45, 7) is 0. The van der Waals surface area contributed by atoms with E-state index < -0.39 is 0 Å². The van der Waals surface area contributed by atoms with Crippen molar-refractivity contribution in [2.45, 2.75) is 12.8 Å². The summed E-state index contributed by atoms with van der Waals surface area (Å²) in [5.41, 5.74) is 6.14. The van der Waals surface area contributed by atoms with Crippen LogP contribution in [0.4, 0.5) is 0 Å². The molecule has 116 valence electrons. The van der Waals surface area contributed by atoms with Gasteiger partial charge in [-0.1, -0.05) is 78.9 Å². The molecule has 0 spiro atoms. The van der Waals surface area contributed by atoms with E-state index in [1.807, 2.05) is 42.6 Å². The van der Waals surface area contributed by atoms with Crippen molar-refractivity contribution in [3.63, 3.8) is 0 Å². The van der Waals surface area contributed by atoms with Gasteiger partial charge in [0.05, 0.1) is 23.3 Å². The molecule has 24 heavy (non-hydrogen) atoms. The normalized spacial score (nSPS) is 13.6. The molecule has 0 bridgehead atoms. The highest BCUT2D eigenvalue weighted by Crippen LogP contribution is 2.30. The number of rotatable bonds is 3. The highest BCUT2D eigenvalue weighted by Gasteiger charge is 2.14. The Labute approximate surface area is 142 Å². The topological polar surface area (TPSA) is 25.8 Å². The van der Waals surface area contributed by atoms with Crippen LogP contribution in [0.5, 0.6) is 0 Å². The van der Waals surface area contributed by atoms with E-state index in [4.69, 9.17) is 9.97 Å². The van der Waals surface area contributed by atoms with Gasteiger partial charge in [0.25, 0.3) is 0 Å². The van der Waals surface area contributed by atoms with Gasteiger partial charge in [-0.2, -0.15) is 0 Å². The van der Waals surface area contributed by atoms with Crippen LogP contribution in [-0.4, -0.2) is 9.97 Å². The van der Waals surface area contributed by atoms with Gasteiger partial charge >= 0.3 is 0 Å². The Morgan fingerprint density at radius 2 is 1.42 bits per heavy atom. The average Bonchev–Trinajstić information content (AvgIpc) is 2.69. The third-order valence-electron chi connectivity index (χ3n) is 4.16. The minimum Gasteiger partial charge on any atom is -0.252 e. The van der Waals surface area contributed by atoms with E-state index in [-0.39, 0.29) is 0 Å². The summed E-state index contributed by atoms with van der Waals surface area (Å²) in [7, 11) is 0. The Morgan fingerprint density at radius 1 is 0.708 bits per heavy atom. The van der Waals surface area contributed by atoms with Crippen LogP contribution in [0.25, 0.3) is 28.1 Å². The maximum absolute atomic E-state index is 4.95. The average molecular weight is 310 g/mol. The summed E-state index contributed by atoms with van der Waals surface area (Å²) in [6, 6.07) is 20.5. The molecule has 0 saturated carbocycles. The van der Waals surface area contributed by atoms with E-state index in [9.17, 15) is 0 Å². The van der Waals surface area contributed by atoms with Gasteiger partial charge in [-0.3, -0.25) is 4.98 Å². The lowest BCUT2D eigenvalue weighted by Crippen LogP contribution is -1.99. The maximum atomic E-state index is 4.95. The smallest absolute Gasteiger partial charge is 0.0972 e. The van der Waals surface area contributed by atoms with Crippen molar-refractivity contribution in [2.24, 2.45) is 0 Å². The number of allylic oxidation sites excluding steroid dienone is 4. The van der Waals surface area contributed by atoms with Crippen molar-refractivity contribution >= 4 is 5.57 Å². The lowest BCUT2D eigenvalue weighted by molar-refractivity contribution is 1.03. The minimum atomic E-state index is 0.901. The second-order valence-corrected chi connectivity index (χ2v) is 5.82. The van der Waals surface area contributed by atoms with E-state index in [2.05, 4.69) is 42.5 Å². The quantitative estimate of drug-likeness (QED) is 0.634.